The van der Waals surface area contributed by atoms with E-state index in [-0.39, 0.29) is 17.0 Å². The van der Waals surface area contributed by atoms with Gasteiger partial charge in [-0.05, 0) is 6.07 Å². The van der Waals surface area contributed by atoms with E-state index in [1.807, 2.05) is 0 Å². The number of halogens is 1. The summed E-state index contributed by atoms with van der Waals surface area (Å²) in [6.45, 7) is 0. The Morgan fingerprint density at radius 3 is 2.85 bits per heavy atom. The third-order valence-electron chi connectivity index (χ3n) is 1.41. The predicted molar refractivity (Wildman–Crippen MR) is 48.2 cm³/mol. The van der Waals surface area contributed by atoms with Crippen molar-refractivity contribution in [2.45, 2.75) is 0 Å². The number of rotatable bonds is 2. The standard InChI is InChI=1S/C7H5ClN2O3/c8-9-4-5-3-6(10(12)13)1-2-7(5)11/h1-4,11H. The van der Waals surface area contributed by atoms with E-state index in [2.05, 4.69) is 4.51 Å². The highest BCUT2D eigenvalue weighted by Crippen LogP contribution is 2.21. The molecule has 1 aromatic carbocycles. The van der Waals surface area contributed by atoms with Crippen LogP contribution in [0.3, 0.4) is 0 Å². The molecule has 0 atom stereocenters. The normalized spacial score (nSPS) is 10.5. The van der Waals surface area contributed by atoms with Gasteiger partial charge in [-0.25, -0.2) is 0 Å². The van der Waals surface area contributed by atoms with Gasteiger partial charge in [-0.1, -0.05) is 0 Å². The van der Waals surface area contributed by atoms with E-state index in [9.17, 15) is 15.2 Å². The van der Waals surface area contributed by atoms with Crippen molar-refractivity contribution in [3.63, 3.8) is 0 Å². The van der Waals surface area contributed by atoms with Crippen LogP contribution in [0.15, 0.2) is 22.7 Å². The van der Waals surface area contributed by atoms with Gasteiger partial charge in [0.2, 0.25) is 0 Å². The van der Waals surface area contributed by atoms with Crippen molar-refractivity contribution >= 4 is 23.7 Å². The highest BCUT2D eigenvalue weighted by atomic mass is 35.5. The van der Waals surface area contributed by atoms with Gasteiger partial charge in [0, 0.05) is 29.5 Å². The second-order valence-electron chi connectivity index (χ2n) is 2.23. The van der Waals surface area contributed by atoms with Gasteiger partial charge in [-0.2, -0.15) is 4.51 Å². The number of nitro benzene ring substituents is 1. The Labute approximate surface area is 78.6 Å². The molecule has 0 saturated heterocycles. The first-order valence-corrected chi connectivity index (χ1v) is 3.60. The van der Waals surface area contributed by atoms with Crippen molar-refractivity contribution in [2.24, 2.45) is 4.51 Å². The molecule has 5 nitrogen and oxygen atoms in total. The van der Waals surface area contributed by atoms with Crippen LogP contribution >= 0.6 is 11.8 Å². The van der Waals surface area contributed by atoms with E-state index >= 15 is 0 Å². The summed E-state index contributed by atoms with van der Waals surface area (Å²) in [4.78, 5) is 9.75. The fourth-order valence-electron chi connectivity index (χ4n) is 0.811. The highest BCUT2D eigenvalue weighted by molar-refractivity contribution is 6.19. The number of nitrogens with zero attached hydrogens (tertiary/aromatic N) is 2. The molecule has 0 aliphatic rings. The number of phenolic OH excluding ortho intramolecular Hbond substituents is 1. The molecule has 1 N–H and O–H groups in total. The summed E-state index contributed by atoms with van der Waals surface area (Å²) in [6.07, 6.45) is 1.13. The minimum atomic E-state index is -0.564. The van der Waals surface area contributed by atoms with Crippen LogP contribution in [0.5, 0.6) is 5.75 Å². The lowest BCUT2D eigenvalue weighted by atomic mass is 10.2. The second-order valence-corrected chi connectivity index (χ2v) is 2.42. The molecule has 0 unspecified atom stereocenters. The highest BCUT2D eigenvalue weighted by Gasteiger charge is 2.08. The lowest BCUT2D eigenvalue weighted by molar-refractivity contribution is -0.384. The second kappa shape index (κ2) is 3.86. The van der Waals surface area contributed by atoms with Crippen molar-refractivity contribution in [3.8, 4) is 5.75 Å². The predicted octanol–water partition coefficient (Wildman–Crippen LogP) is 1.87. The number of hydrogen-bond acceptors (Lipinski definition) is 4. The van der Waals surface area contributed by atoms with Gasteiger partial charge in [0.1, 0.15) is 5.75 Å². The Balaban J connectivity index is 3.18. The quantitative estimate of drug-likeness (QED) is 0.450. The first-order chi connectivity index (χ1) is 6.15. The topological polar surface area (TPSA) is 75.7 Å². The number of non-ortho nitro benzene ring substituents is 1. The van der Waals surface area contributed by atoms with Crippen molar-refractivity contribution < 1.29 is 10.0 Å². The molecule has 0 saturated carbocycles. The van der Waals surface area contributed by atoms with Crippen molar-refractivity contribution in [3.05, 3.63) is 33.9 Å². The van der Waals surface area contributed by atoms with Crippen LogP contribution in [-0.4, -0.2) is 16.2 Å². The summed E-state index contributed by atoms with van der Waals surface area (Å²) >= 11 is 5.03. The van der Waals surface area contributed by atoms with Crippen LogP contribution in [0.4, 0.5) is 5.69 Å². The minimum absolute atomic E-state index is 0.102. The summed E-state index contributed by atoms with van der Waals surface area (Å²) in [7, 11) is 0. The van der Waals surface area contributed by atoms with Crippen molar-refractivity contribution in [2.75, 3.05) is 0 Å². The Morgan fingerprint density at radius 1 is 1.62 bits per heavy atom. The lowest BCUT2D eigenvalue weighted by Gasteiger charge is -1.96. The molecule has 0 amide bonds. The van der Waals surface area contributed by atoms with Gasteiger partial charge in [-0.15, -0.1) is 0 Å². The summed E-state index contributed by atoms with van der Waals surface area (Å²) in [5, 5.41) is 19.5. The summed E-state index contributed by atoms with van der Waals surface area (Å²) in [5.74, 6) is -0.102. The Kier molecular flexibility index (Phi) is 2.81. The van der Waals surface area contributed by atoms with E-state index in [1.54, 1.807) is 0 Å². The smallest absolute Gasteiger partial charge is 0.270 e. The molecule has 0 aromatic heterocycles. The van der Waals surface area contributed by atoms with Gasteiger partial charge in [0.15, 0.2) is 0 Å². The van der Waals surface area contributed by atoms with Gasteiger partial charge in [-0.3, -0.25) is 10.1 Å². The molecule has 0 aliphatic carbocycles. The maximum atomic E-state index is 10.3. The summed E-state index contributed by atoms with van der Waals surface area (Å²) < 4.78 is 3.13. The maximum Gasteiger partial charge on any atom is 0.270 e. The maximum absolute atomic E-state index is 10.3. The Bertz CT molecular complexity index is 365. The molecular weight excluding hydrogens is 196 g/mol. The fourth-order valence-corrected chi connectivity index (χ4v) is 0.917. The number of benzene rings is 1. The molecule has 0 radical (unpaired) electrons. The van der Waals surface area contributed by atoms with Crippen LogP contribution in [0, 0.1) is 10.1 Å². The van der Waals surface area contributed by atoms with Crippen LogP contribution < -0.4 is 0 Å². The van der Waals surface area contributed by atoms with Gasteiger partial charge >= 0.3 is 0 Å². The number of hydrogen-bond donors (Lipinski definition) is 1. The van der Waals surface area contributed by atoms with E-state index in [0.29, 0.717) is 0 Å². The molecule has 68 valence electrons. The van der Waals surface area contributed by atoms with E-state index in [0.717, 1.165) is 6.21 Å². The van der Waals surface area contributed by atoms with Crippen molar-refractivity contribution in [1.29, 1.82) is 0 Å². The fraction of sp³-hybridized carbons (Fsp3) is 0. The molecule has 0 bridgehead atoms. The molecule has 0 fully saturated rings. The monoisotopic (exact) mass is 200 g/mol. The molecule has 6 heteroatoms. The van der Waals surface area contributed by atoms with Gasteiger partial charge in [0.05, 0.1) is 11.1 Å². The molecule has 1 rings (SSSR count). The van der Waals surface area contributed by atoms with E-state index < -0.39 is 4.92 Å². The molecule has 1 aromatic rings. The number of nitro groups is 1. The third-order valence-corrected chi connectivity index (χ3v) is 1.51. The first-order valence-electron chi connectivity index (χ1n) is 3.27. The summed E-state index contributed by atoms with van der Waals surface area (Å²) in [6, 6.07) is 3.59. The van der Waals surface area contributed by atoms with Crippen molar-refractivity contribution in [1.82, 2.24) is 0 Å². The number of phenols is 1. The Hall–Kier alpha value is -1.62. The van der Waals surface area contributed by atoms with Crippen LogP contribution in [-0.2, 0) is 0 Å². The van der Waals surface area contributed by atoms with Crippen LogP contribution in [0.2, 0.25) is 0 Å². The van der Waals surface area contributed by atoms with E-state index in [1.165, 1.54) is 18.2 Å². The molecular formula is C7H5ClN2O3. The molecule has 0 heterocycles. The third kappa shape index (κ3) is 2.16. The van der Waals surface area contributed by atoms with Gasteiger partial charge < -0.3 is 5.11 Å². The van der Waals surface area contributed by atoms with Gasteiger partial charge in [0.25, 0.3) is 5.69 Å². The number of aromatic hydroxyl groups is 1. The zero-order valence-corrected chi connectivity index (χ0v) is 7.10. The molecule has 0 aliphatic heterocycles. The minimum Gasteiger partial charge on any atom is -0.507 e. The molecule has 13 heavy (non-hydrogen) atoms. The summed E-state index contributed by atoms with van der Waals surface area (Å²) in [5.41, 5.74) is 0.0913. The van der Waals surface area contributed by atoms with E-state index in [4.69, 9.17) is 11.8 Å². The average molecular weight is 201 g/mol. The van der Waals surface area contributed by atoms with Crippen LogP contribution in [0.25, 0.3) is 0 Å². The average Bonchev–Trinajstić information content (AvgIpc) is 2.08. The molecule has 0 spiro atoms. The SMILES string of the molecule is O=[N+]([O-])c1ccc(O)c(C=NCl)c1. The largest absolute Gasteiger partial charge is 0.507 e. The lowest BCUT2D eigenvalue weighted by Crippen LogP contribution is -1.90. The van der Waals surface area contributed by atoms with Crippen LogP contribution in [0.1, 0.15) is 5.56 Å². The zero-order chi connectivity index (χ0) is 9.84. The zero-order valence-electron chi connectivity index (χ0n) is 6.35. The first kappa shape index (κ1) is 9.47. The Morgan fingerprint density at radius 2 is 2.31 bits per heavy atom.